The van der Waals surface area contributed by atoms with Crippen molar-refractivity contribution < 1.29 is 44.5 Å². The number of hydrogen-bond acceptors (Lipinski definition) is 10. The summed E-state index contributed by atoms with van der Waals surface area (Å²) >= 11 is 0. The summed E-state index contributed by atoms with van der Waals surface area (Å²) in [7, 11) is -17.6. The fourth-order valence-electron chi connectivity index (χ4n) is 5.75. The second-order valence-electron chi connectivity index (χ2n) is 11.4. The molecule has 0 aromatic heterocycles. The molecule has 0 heterocycles. The largest absolute Gasteiger partial charge is 0.744 e. The molecule has 266 valence electrons. The van der Waals surface area contributed by atoms with Gasteiger partial charge in [0.1, 0.15) is 44.9 Å². The first-order chi connectivity index (χ1) is 24.8. The molecule has 0 radical (unpaired) electrons. The number of ether oxygens (including phenoxy) is 2. The van der Waals surface area contributed by atoms with Gasteiger partial charge in [-0.3, -0.25) is 0 Å². The standard InChI is InChI=1S/C38H32O10P2S2/c39-49(29-13-5-1-6-14-29,30-15-7-2-8-16-30)37-27-33(51(41,42)43)21-23-35(37)47-25-26-48-36-24-22-34(52(44,45)46)28-38(36)50(40,31-17-9-3-10-18-31)32-19-11-4-12-20-32/h1-24,27-28H,25-26H2,(H,41,42,43)(H,44,45,46)/p-2. The van der Waals surface area contributed by atoms with E-state index in [-0.39, 0.29) is 35.3 Å². The van der Waals surface area contributed by atoms with Crippen molar-refractivity contribution in [2.45, 2.75) is 9.79 Å². The van der Waals surface area contributed by atoms with Crippen LogP contribution in [0.2, 0.25) is 0 Å². The van der Waals surface area contributed by atoms with Crippen molar-refractivity contribution in [3.05, 3.63) is 158 Å². The normalized spacial score (nSPS) is 12.3. The molecular formula is C38H30O10P2S2-2. The highest BCUT2D eigenvalue weighted by Gasteiger charge is 2.35. The molecule has 0 spiro atoms. The van der Waals surface area contributed by atoms with Gasteiger partial charge in [-0.15, -0.1) is 0 Å². The van der Waals surface area contributed by atoms with E-state index in [1.54, 1.807) is 121 Å². The van der Waals surface area contributed by atoms with Crippen LogP contribution in [0, 0.1) is 0 Å². The zero-order chi connectivity index (χ0) is 37.0. The predicted molar refractivity (Wildman–Crippen MR) is 199 cm³/mol. The van der Waals surface area contributed by atoms with Crippen molar-refractivity contribution in [1.29, 1.82) is 0 Å². The predicted octanol–water partition coefficient (Wildman–Crippen LogP) is 4.23. The van der Waals surface area contributed by atoms with Crippen LogP contribution in [-0.2, 0) is 29.4 Å². The van der Waals surface area contributed by atoms with Crippen molar-refractivity contribution in [2.75, 3.05) is 13.2 Å². The lowest BCUT2D eigenvalue weighted by atomic mass is 10.3. The van der Waals surface area contributed by atoms with Gasteiger partial charge in [0.2, 0.25) is 0 Å². The van der Waals surface area contributed by atoms with Crippen LogP contribution >= 0.6 is 14.3 Å². The maximum atomic E-state index is 15.2. The van der Waals surface area contributed by atoms with Crippen molar-refractivity contribution in [1.82, 2.24) is 0 Å². The van der Waals surface area contributed by atoms with E-state index in [9.17, 15) is 25.9 Å². The molecule has 14 heteroatoms. The fraction of sp³-hybridized carbons (Fsp3) is 0.0526. The molecular weight excluding hydrogens is 742 g/mol. The van der Waals surface area contributed by atoms with Gasteiger partial charge < -0.3 is 27.7 Å². The van der Waals surface area contributed by atoms with Crippen LogP contribution in [-0.4, -0.2) is 39.2 Å². The Morgan fingerprint density at radius 1 is 0.423 bits per heavy atom. The Morgan fingerprint density at radius 2 is 0.692 bits per heavy atom. The van der Waals surface area contributed by atoms with Crippen molar-refractivity contribution >= 4 is 66.3 Å². The van der Waals surface area contributed by atoms with E-state index in [0.717, 1.165) is 24.3 Å². The third-order valence-corrected chi connectivity index (χ3v) is 16.0. The first-order valence-corrected chi connectivity index (χ1v) is 21.9. The Morgan fingerprint density at radius 3 is 0.942 bits per heavy atom. The molecule has 6 aromatic carbocycles. The van der Waals surface area contributed by atoms with Crippen molar-refractivity contribution in [2.24, 2.45) is 0 Å². The van der Waals surface area contributed by atoms with E-state index >= 15 is 9.13 Å². The van der Waals surface area contributed by atoms with Gasteiger partial charge >= 0.3 is 0 Å². The maximum Gasteiger partial charge on any atom is 0.174 e. The summed E-state index contributed by atoms with van der Waals surface area (Å²) in [6.45, 7) is -0.440. The quantitative estimate of drug-likeness (QED) is 0.0942. The summed E-state index contributed by atoms with van der Waals surface area (Å²) in [6, 6.07) is 40.4. The average Bonchev–Trinajstić information content (AvgIpc) is 3.16. The van der Waals surface area contributed by atoms with Crippen molar-refractivity contribution in [3.63, 3.8) is 0 Å². The van der Waals surface area contributed by atoms with Crippen LogP contribution in [0.1, 0.15) is 0 Å². The lowest BCUT2D eigenvalue weighted by molar-refractivity contribution is 0.219. The number of rotatable bonds is 13. The minimum Gasteiger partial charge on any atom is -0.744 e. The van der Waals surface area contributed by atoms with Gasteiger partial charge in [0.15, 0.2) is 14.3 Å². The molecule has 0 saturated heterocycles. The second-order valence-corrected chi connectivity index (χ2v) is 19.7. The molecule has 52 heavy (non-hydrogen) atoms. The zero-order valence-corrected chi connectivity index (χ0v) is 30.6. The molecule has 0 unspecified atom stereocenters. The van der Waals surface area contributed by atoms with E-state index in [0.29, 0.717) is 21.2 Å². The van der Waals surface area contributed by atoms with Crippen LogP contribution in [0.4, 0.5) is 0 Å². The first kappa shape index (κ1) is 37.0. The van der Waals surface area contributed by atoms with E-state index in [2.05, 4.69) is 0 Å². The Hall–Kier alpha value is -4.80. The molecule has 6 rings (SSSR count). The minimum atomic E-state index is -4.95. The second kappa shape index (κ2) is 15.0. The van der Waals surface area contributed by atoms with Gasteiger partial charge in [-0.25, -0.2) is 16.8 Å². The SMILES string of the molecule is O=P(c1ccccc1)(c1ccccc1)c1cc(S(=O)(=O)[O-])ccc1OCCOc1ccc(S(=O)(=O)[O-])cc1P(=O)(c1ccccc1)c1ccccc1. The Bertz CT molecular complexity index is 2250. The van der Waals surface area contributed by atoms with Crippen LogP contribution in [0.25, 0.3) is 0 Å². The minimum absolute atomic E-state index is 0.0230. The number of hydrogen-bond donors (Lipinski definition) is 0. The highest BCUT2D eigenvalue weighted by molar-refractivity contribution is 7.87. The average molecular weight is 773 g/mol. The van der Waals surface area contributed by atoms with E-state index in [4.69, 9.17) is 9.47 Å². The third kappa shape index (κ3) is 7.54. The molecule has 0 N–H and O–H groups in total. The summed E-state index contributed by atoms with van der Waals surface area (Å²) in [5.74, 6) is 0.0543. The summed E-state index contributed by atoms with van der Waals surface area (Å²) in [5, 5.41) is 1.45. The van der Waals surface area contributed by atoms with Crippen LogP contribution < -0.4 is 41.3 Å². The lowest BCUT2D eigenvalue weighted by Gasteiger charge is -2.25. The zero-order valence-electron chi connectivity index (χ0n) is 27.2. The van der Waals surface area contributed by atoms with Gasteiger partial charge in [0, 0.05) is 21.2 Å². The molecule has 6 aromatic rings. The van der Waals surface area contributed by atoms with Gasteiger partial charge in [0.05, 0.1) is 20.4 Å². The first-order valence-electron chi connectivity index (χ1n) is 15.7. The Labute approximate surface area is 302 Å². The van der Waals surface area contributed by atoms with Crippen LogP contribution in [0.3, 0.4) is 0 Å². The molecule has 0 bridgehead atoms. The van der Waals surface area contributed by atoms with Gasteiger partial charge in [-0.1, -0.05) is 121 Å². The summed E-state index contributed by atoms with van der Waals surface area (Å²) in [5.41, 5.74) is 0. The monoisotopic (exact) mass is 772 g/mol. The van der Waals surface area contributed by atoms with Gasteiger partial charge in [0.25, 0.3) is 0 Å². The molecule has 10 nitrogen and oxygen atoms in total. The van der Waals surface area contributed by atoms with Crippen LogP contribution in [0.5, 0.6) is 11.5 Å². The topological polar surface area (TPSA) is 167 Å². The molecule has 0 aliphatic rings. The summed E-state index contributed by atoms with van der Waals surface area (Å²) < 4.78 is 115. The summed E-state index contributed by atoms with van der Waals surface area (Å²) in [4.78, 5) is -1.18. The smallest absolute Gasteiger partial charge is 0.174 e. The van der Waals surface area contributed by atoms with Gasteiger partial charge in [-0.2, -0.15) is 0 Å². The highest BCUT2D eigenvalue weighted by Crippen LogP contribution is 2.47. The van der Waals surface area contributed by atoms with E-state index in [1.807, 2.05) is 0 Å². The van der Waals surface area contributed by atoms with E-state index < -0.39 is 44.3 Å². The van der Waals surface area contributed by atoms with Gasteiger partial charge in [-0.05, 0) is 36.4 Å². The maximum absolute atomic E-state index is 15.2. The molecule has 0 amide bonds. The summed E-state index contributed by atoms with van der Waals surface area (Å²) in [6.07, 6.45) is 0. The molecule has 0 saturated carbocycles. The fourth-order valence-corrected chi connectivity index (χ4v) is 12.5. The molecule has 0 atom stereocenters. The van der Waals surface area contributed by atoms with Crippen molar-refractivity contribution in [3.8, 4) is 11.5 Å². The third-order valence-electron chi connectivity index (χ3n) is 8.19. The highest BCUT2D eigenvalue weighted by atomic mass is 32.2. The lowest BCUT2D eigenvalue weighted by Crippen LogP contribution is -2.28. The Kier molecular flexibility index (Phi) is 10.7. The molecule has 0 aliphatic heterocycles. The Balaban J connectivity index is 1.39. The molecule has 0 aliphatic carbocycles. The molecule has 0 fully saturated rings. The number of benzene rings is 6. The van der Waals surface area contributed by atoms with E-state index in [1.165, 1.54) is 12.1 Å². The van der Waals surface area contributed by atoms with Crippen LogP contribution in [0.15, 0.2) is 168 Å².